The van der Waals surface area contributed by atoms with E-state index in [0.717, 1.165) is 22.9 Å². The van der Waals surface area contributed by atoms with Crippen molar-refractivity contribution >= 4 is 34.8 Å². The van der Waals surface area contributed by atoms with Gasteiger partial charge in [-0.25, -0.2) is 0 Å². The predicted octanol–water partition coefficient (Wildman–Crippen LogP) is 4.55. The van der Waals surface area contributed by atoms with Gasteiger partial charge in [-0.05, 0) is 42.4 Å². The molecule has 1 fully saturated rings. The topological polar surface area (TPSA) is 0 Å². The maximum absolute atomic E-state index is 6.09. The average molecular weight is 250 g/mol. The number of hydrogen-bond acceptors (Lipinski definition) is 0. The lowest BCUT2D eigenvalue weighted by Crippen LogP contribution is -2.06. The average Bonchev–Trinajstić information content (AvgIpc) is 2.91. The van der Waals surface area contributed by atoms with Crippen molar-refractivity contribution in [2.75, 3.05) is 5.88 Å². The van der Waals surface area contributed by atoms with Crippen LogP contribution in [0.5, 0.6) is 0 Å². The van der Waals surface area contributed by atoms with Gasteiger partial charge in [-0.3, -0.25) is 0 Å². The molecular weight excluding hydrogens is 238 g/mol. The van der Waals surface area contributed by atoms with Crippen LogP contribution in [0.4, 0.5) is 0 Å². The minimum absolute atomic E-state index is 0.318. The van der Waals surface area contributed by atoms with Gasteiger partial charge in [0.2, 0.25) is 0 Å². The molecule has 0 atom stereocenters. The molecule has 1 aromatic rings. The van der Waals surface area contributed by atoms with Gasteiger partial charge in [0.25, 0.3) is 0 Å². The van der Waals surface area contributed by atoms with E-state index in [2.05, 4.69) is 0 Å². The Morgan fingerprint density at radius 1 is 1.21 bits per heavy atom. The van der Waals surface area contributed by atoms with Crippen LogP contribution >= 0.6 is 34.8 Å². The summed E-state index contributed by atoms with van der Waals surface area (Å²) in [7, 11) is 0. The second-order valence-corrected chi connectivity index (χ2v) is 5.16. The highest BCUT2D eigenvalue weighted by atomic mass is 35.5. The highest BCUT2D eigenvalue weighted by molar-refractivity contribution is 6.35. The summed E-state index contributed by atoms with van der Waals surface area (Å²) in [6, 6.07) is 5.67. The first kappa shape index (κ1) is 10.6. The molecule has 14 heavy (non-hydrogen) atoms. The second kappa shape index (κ2) is 3.92. The standard InChI is InChI=1S/C11H11Cl3/c12-7-11(3-4-11)6-8-1-2-9(13)5-10(8)14/h1-2,5H,3-4,6-7H2. The zero-order chi connectivity index (χ0) is 10.2. The van der Waals surface area contributed by atoms with Gasteiger partial charge in [-0.1, -0.05) is 29.3 Å². The smallest absolute Gasteiger partial charge is 0.0453 e. The lowest BCUT2D eigenvalue weighted by atomic mass is 9.98. The van der Waals surface area contributed by atoms with Crippen molar-refractivity contribution in [1.29, 1.82) is 0 Å². The van der Waals surface area contributed by atoms with Crippen molar-refractivity contribution in [3.05, 3.63) is 33.8 Å². The molecule has 0 aliphatic heterocycles. The van der Waals surface area contributed by atoms with Gasteiger partial charge in [-0.2, -0.15) is 0 Å². The van der Waals surface area contributed by atoms with Crippen molar-refractivity contribution in [2.45, 2.75) is 19.3 Å². The van der Waals surface area contributed by atoms with E-state index in [1.54, 1.807) is 6.07 Å². The largest absolute Gasteiger partial charge is 0.126 e. The predicted molar refractivity (Wildman–Crippen MR) is 62.6 cm³/mol. The molecule has 0 saturated heterocycles. The van der Waals surface area contributed by atoms with Crippen LogP contribution in [0.2, 0.25) is 10.0 Å². The number of hydrogen-bond donors (Lipinski definition) is 0. The summed E-state index contributed by atoms with van der Waals surface area (Å²) in [6.07, 6.45) is 3.41. The summed E-state index contributed by atoms with van der Waals surface area (Å²) in [5.74, 6) is 0.728. The van der Waals surface area contributed by atoms with Crippen molar-refractivity contribution in [3.8, 4) is 0 Å². The molecule has 2 rings (SSSR count). The molecule has 1 aliphatic rings. The van der Waals surface area contributed by atoms with Crippen molar-refractivity contribution in [3.63, 3.8) is 0 Å². The molecule has 3 heteroatoms. The molecule has 0 spiro atoms. The molecule has 76 valence electrons. The first-order chi connectivity index (χ1) is 6.65. The first-order valence-electron chi connectivity index (χ1n) is 4.65. The number of rotatable bonds is 3. The minimum Gasteiger partial charge on any atom is -0.126 e. The van der Waals surface area contributed by atoms with Gasteiger partial charge >= 0.3 is 0 Å². The summed E-state index contributed by atoms with van der Waals surface area (Å²) in [5, 5.41) is 1.45. The Bertz CT molecular complexity index is 342. The SMILES string of the molecule is ClCC1(Cc2ccc(Cl)cc2Cl)CC1. The van der Waals surface area contributed by atoms with Crippen molar-refractivity contribution in [1.82, 2.24) is 0 Å². The Kier molecular flexibility index (Phi) is 2.97. The summed E-state index contributed by atoms with van der Waals surface area (Å²) < 4.78 is 0. The van der Waals surface area contributed by atoms with Gasteiger partial charge in [0, 0.05) is 15.9 Å². The Labute approximate surface area is 99.2 Å². The van der Waals surface area contributed by atoms with Gasteiger partial charge < -0.3 is 0 Å². The van der Waals surface area contributed by atoms with E-state index < -0.39 is 0 Å². The summed E-state index contributed by atoms with van der Waals surface area (Å²) in [6.45, 7) is 0. The van der Waals surface area contributed by atoms with E-state index in [0.29, 0.717) is 10.4 Å². The zero-order valence-electron chi connectivity index (χ0n) is 7.69. The van der Waals surface area contributed by atoms with E-state index in [9.17, 15) is 0 Å². The molecule has 0 N–H and O–H groups in total. The third-order valence-electron chi connectivity index (χ3n) is 2.82. The van der Waals surface area contributed by atoms with E-state index in [-0.39, 0.29) is 0 Å². The van der Waals surface area contributed by atoms with E-state index in [1.165, 1.54) is 12.8 Å². The van der Waals surface area contributed by atoms with Crippen LogP contribution in [0.1, 0.15) is 18.4 Å². The fraction of sp³-hybridized carbons (Fsp3) is 0.455. The molecule has 1 aliphatic carbocycles. The van der Waals surface area contributed by atoms with Crippen molar-refractivity contribution in [2.24, 2.45) is 5.41 Å². The van der Waals surface area contributed by atoms with Crippen LogP contribution in [-0.2, 0) is 6.42 Å². The van der Waals surface area contributed by atoms with Gasteiger partial charge in [0.15, 0.2) is 0 Å². The lowest BCUT2D eigenvalue weighted by molar-refractivity contribution is 0.578. The van der Waals surface area contributed by atoms with Crippen LogP contribution in [0.3, 0.4) is 0 Å². The fourth-order valence-corrected chi connectivity index (χ4v) is 2.44. The van der Waals surface area contributed by atoms with Crippen LogP contribution in [0.25, 0.3) is 0 Å². The number of halogens is 3. The van der Waals surface area contributed by atoms with Crippen LogP contribution < -0.4 is 0 Å². The molecule has 0 nitrogen and oxygen atoms in total. The Hall–Kier alpha value is 0.0900. The zero-order valence-corrected chi connectivity index (χ0v) is 9.96. The summed E-state index contributed by atoms with van der Waals surface area (Å²) in [5.41, 5.74) is 1.48. The molecule has 0 amide bonds. The Morgan fingerprint density at radius 2 is 1.93 bits per heavy atom. The number of benzene rings is 1. The quantitative estimate of drug-likeness (QED) is 0.689. The maximum atomic E-state index is 6.09. The van der Waals surface area contributed by atoms with Crippen LogP contribution in [0.15, 0.2) is 18.2 Å². The Balaban J connectivity index is 2.17. The van der Waals surface area contributed by atoms with Gasteiger partial charge in [-0.15, -0.1) is 11.6 Å². The molecule has 0 aromatic heterocycles. The third-order valence-corrected chi connectivity index (χ3v) is 3.98. The highest BCUT2D eigenvalue weighted by Crippen LogP contribution is 2.50. The lowest BCUT2D eigenvalue weighted by Gasteiger charge is -2.12. The molecule has 1 saturated carbocycles. The molecule has 1 aromatic carbocycles. The van der Waals surface area contributed by atoms with Crippen LogP contribution in [0, 0.1) is 5.41 Å². The first-order valence-corrected chi connectivity index (χ1v) is 5.94. The summed E-state index contributed by atoms with van der Waals surface area (Å²) in [4.78, 5) is 0. The van der Waals surface area contributed by atoms with E-state index in [1.807, 2.05) is 12.1 Å². The molecule has 0 bridgehead atoms. The monoisotopic (exact) mass is 248 g/mol. The summed E-state index contributed by atoms with van der Waals surface area (Å²) >= 11 is 17.8. The molecule has 0 unspecified atom stereocenters. The van der Waals surface area contributed by atoms with E-state index >= 15 is 0 Å². The minimum atomic E-state index is 0.318. The van der Waals surface area contributed by atoms with Crippen LogP contribution in [-0.4, -0.2) is 5.88 Å². The molecule has 0 heterocycles. The molecular formula is C11H11Cl3. The maximum Gasteiger partial charge on any atom is 0.0453 e. The van der Waals surface area contributed by atoms with Gasteiger partial charge in [0.05, 0.1) is 0 Å². The van der Waals surface area contributed by atoms with E-state index in [4.69, 9.17) is 34.8 Å². The normalized spacial score (nSPS) is 18.2. The van der Waals surface area contributed by atoms with Crippen molar-refractivity contribution < 1.29 is 0 Å². The highest BCUT2D eigenvalue weighted by Gasteiger charge is 2.41. The third kappa shape index (κ3) is 2.18. The number of alkyl halides is 1. The Morgan fingerprint density at radius 3 is 2.43 bits per heavy atom. The second-order valence-electron chi connectivity index (χ2n) is 4.05. The molecule has 0 radical (unpaired) electrons. The van der Waals surface area contributed by atoms with Gasteiger partial charge in [0.1, 0.15) is 0 Å². The fourth-order valence-electron chi connectivity index (χ4n) is 1.60.